The second-order valence-corrected chi connectivity index (χ2v) is 4.84. The van der Waals surface area contributed by atoms with Crippen molar-refractivity contribution in [3.8, 4) is 0 Å². The van der Waals surface area contributed by atoms with Gasteiger partial charge in [0.25, 0.3) is 0 Å². The SMILES string of the molecule is CC(C)C(=O)N1C[C@H](C)C[C@H](C)C1. The molecular weight excluding hydrogens is 162 g/mol. The summed E-state index contributed by atoms with van der Waals surface area (Å²) in [5.41, 5.74) is 0. The monoisotopic (exact) mass is 183 g/mol. The van der Waals surface area contributed by atoms with Gasteiger partial charge in [-0.2, -0.15) is 0 Å². The summed E-state index contributed by atoms with van der Waals surface area (Å²) in [6.07, 6.45) is 1.27. The average Bonchev–Trinajstić information content (AvgIpc) is 2.01. The third-order valence-electron chi connectivity index (χ3n) is 2.67. The van der Waals surface area contributed by atoms with Crippen LogP contribution in [-0.4, -0.2) is 23.9 Å². The molecule has 2 heteroatoms. The predicted octanol–water partition coefficient (Wildman–Crippen LogP) is 2.15. The van der Waals surface area contributed by atoms with E-state index in [1.165, 1.54) is 6.42 Å². The summed E-state index contributed by atoms with van der Waals surface area (Å²) in [5.74, 6) is 1.81. The molecule has 0 bridgehead atoms. The zero-order chi connectivity index (χ0) is 10.0. The summed E-state index contributed by atoms with van der Waals surface area (Å²) in [7, 11) is 0. The van der Waals surface area contributed by atoms with Gasteiger partial charge in [-0.15, -0.1) is 0 Å². The normalized spacial score (nSPS) is 29.5. The number of rotatable bonds is 1. The van der Waals surface area contributed by atoms with E-state index in [0.717, 1.165) is 13.1 Å². The van der Waals surface area contributed by atoms with E-state index in [-0.39, 0.29) is 5.92 Å². The molecular formula is C11H21NO. The first-order valence-corrected chi connectivity index (χ1v) is 5.29. The maximum Gasteiger partial charge on any atom is 0.225 e. The fraction of sp³-hybridized carbons (Fsp3) is 0.909. The summed E-state index contributed by atoms with van der Waals surface area (Å²) < 4.78 is 0. The summed E-state index contributed by atoms with van der Waals surface area (Å²) in [6, 6.07) is 0. The standard InChI is InChI=1S/C11H21NO/c1-8(2)11(13)12-6-9(3)5-10(4)7-12/h8-10H,5-7H2,1-4H3/t9-,10+. The van der Waals surface area contributed by atoms with Gasteiger partial charge in [-0.05, 0) is 18.3 Å². The molecule has 0 N–H and O–H groups in total. The van der Waals surface area contributed by atoms with Gasteiger partial charge in [0.1, 0.15) is 0 Å². The molecule has 1 amide bonds. The Morgan fingerprint density at radius 2 is 1.69 bits per heavy atom. The Bertz CT molecular complexity index is 179. The molecule has 1 fully saturated rings. The van der Waals surface area contributed by atoms with Crippen molar-refractivity contribution in [1.29, 1.82) is 0 Å². The zero-order valence-electron chi connectivity index (χ0n) is 9.21. The van der Waals surface area contributed by atoms with Crippen molar-refractivity contribution in [3.63, 3.8) is 0 Å². The van der Waals surface area contributed by atoms with Crippen molar-refractivity contribution >= 4 is 5.91 Å². The van der Waals surface area contributed by atoms with Crippen LogP contribution in [0.2, 0.25) is 0 Å². The number of hydrogen-bond acceptors (Lipinski definition) is 1. The van der Waals surface area contributed by atoms with E-state index in [9.17, 15) is 4.79 Å². The maximum atomic E-state index is 11.7. The van der Waals surface area contributed by atoms with Crippen molar-refractivity contribution in [1.82, 2.24) is 4.90 Å². The molecule has 1 aliphatic heterocycles. The average molecular weight is 183 g/mol. The fourth-order valence-electron chi connectivity index (χ4n) is 2.21. The van der Waals surface area contributed by atoms with Crippen LogP contribution in [0.4, 0.5) is 0 Å². The molecule has 0 aliphatic carbocycles. The predicted molar refractivity (Wildman–Crippen MR) is 54.4 cm³/mol. The van der Waals surface area contributed by atoms with E-state index >= 15 is 0 Å². The summed E-state index contributed by atoms with van der Waals surface area (Å²) in [6.45, 7) is 10.3. The number of amides is 1. The van der Waals surface area contributed by atoms with E-state index in [2.05, 4.69) is 13.8 Å². The highest BCUT2D eigenvalue weighted by Gasteiger charge is 2.26. The highest BCUT2D eigenvalue weighted by Crippen LogP contribution is 2.21. The van der Waals surface area contributed by atoms with Crippen LogP contribution >= 0.6 is 0 Å². The van der Waals surface area contributed by atoms with Gasteiger partial charge in [0.2, 0.25) is 5.91 Å². The number of carbonyl (C=O) groups excluding carboxylic acids is 1. The maximum absolute atomic E-state index is 11.7. The molecule has 1 rings (SSSR count). The van der Waals surface area contributed by atoms with Gasteiger partial charge in [0.05, 0.1) is 0 Å². The quantitative estimate of drug-likeness (QED) is 0.610. The first-order chi connectivity index (χ1) is 6.00. The highest BCUT2D eigenvalue weighted by atomic mass is 16.2. The first-order valence-electron chi connectivity index (χ1n) is 5.29. The lowest BCUT2D eigenvalue weighted by atomic mass is 9.91. The van der Waals surface area contributed by atoms with Crippen molar-refractivity contribution in [3.05, 3.63) is 0 Å². The summed E-state index contributed by atoms with van der Waals surface area (Å²) in [4.78, 5) is 13.7. The second-order valence-electron chi connectivity index (χ2n) is 4.84. The molecule has 1 heterocycles. The molecule has 2 nitrogen and oxygen atoms in total. The van der Waals surface area contributed by atoms with Crippen LogP contribution in [-0.2, 0) is 4.79 Å². The first kappa shape index (κ1) is 10.6. The van der Waals surface area contributed by atoms with Crippen molar-refractivity contribution < 1.29 is 4.79 Å². The van der Waals surface area contributed by atoms with Gasteiger partial charge in [0.15, 0.2) is 0 Å². The lowest BCUT2D eigenvalue weighted by Gasteiger charge is -2.36. The van der Waals surface area contributed by atoms with Gasteiger partial charge < -0.3 is 4.90 Å². The fourth-order valence-corrected chi connectivity index (χ4v) is 2.21. The van der Waals surface area contributed by atoms with Crippen LogP contribution < -0.4 is 0 Å². The molecule has 0 aromatic heterocycles. The third-order valence-corrected chi connectivity index (χ3v) is 2.67. The van der Waals surface area contributed by atoms with Gasteiger partial charge >= 0.3 is 0 Å². The molecule has 1 saturated heterocycles. The number of nitrogens with zero attached hydrogens (tertiary/aromatic N) is 1. The highest BCUT2D eigenvalue weighted by molar-refractivity contribution is 5.78. The molecule has 13 heavy (non-hydrogen) atoms. The minimum atomic E-state index is 0.150. The molecule has 76 valence electrons. The van der Waals surface area contributed by atoms with Crippen LogP contribution in [0.1, 0.15) is 34.1 Å². The number of carbonyl (C=O) groups is 1. The molecule has 0 spiro atoms. The van der Waals surface area contributed by atoms with E-state index in [1.807, 2.05) is 18.7 Å². The minimum absolute atomic E-state index is 0.150. The number of piperidine rings is 1. The lowest BCUT2D eigenvalue weighted by Crippen LogP contribution is -2.44. The minimum Gasteiger partial charge on any atom is -0.342 e. The smallest absolute Gasteiger partial charge is 0.225 e. The lowest BCUT2D eigenvalue weighted by molar-refractivity contribution is -0.137. The van der Waals surface area contributed by atoms with Gasteiger partial charge in [-0.25, -0.2) is 0 Å². The third kappa shape index (κ3) is 2.71. The van der Waals surface area contributed by atoms with Crippen molar-refractivity contribution in [2.75, 3.05) is 13.1 Å². The Labute approximate surface area is 81.3 Å². The molecule has 0 saturated carbocycles. The van der Waals surface area contributed by atoms with E-state index in [0.29, 0.717) is 17.7 Å². The topological polar surface area (TPSA) is 20.3 Å². The van der Waals surface area contributed by atoms with Gasteiger partial charge in [-0.1, -0.05) is 27.7 Å². The molecule has 0 aromatic rings. The number of hydrogen-bond donors (Lipinski definition) is 0. The Morgan fingerprint density at radius 1 is 1.23 bits per heavy atom. The Balaban J connectivity index is 2.55. The largest absolute Gasteiger partial charge is 0.342 e. The zero-order valence-corrected chi connectivity index (χ0v) is 9.21. The Kier molecular flexibility index (Phi) is 3.34. The molecule has 0 unspecified atom stereocenters. The van der Waals surface area contributed by atoms with Crippen LogP contribution in [0.3, 0.4) is 0 Å². The van der Waals surface area contributed by atoms with Crippen LogP contribution in [0.25, 0.3) is 0 Å². The Morgan fingerprint density at radius 3 is 2.08 bits per heavy atom. The number of likely N-dealkylation sites (tertiary alicyclic amines) is 1. The van der Waals surface area contributed by atoms with E-state index in [1.54, 1.807) is 0 Å². The van der Waals surface area contributed by atoms with Crippen molar-refractivity contribution in [2.24, 2.45) is 17.8 Å². The van der Waals surface area contributed by atoms with Gasteiger partial charge in [0, 0.05) is 19.0 Å². The molecule has 2 atom stereocenters. The summed E-state index contributed by atoms with van der Waals surface area (Å²) >= 11 is 0. The Hall–Kier alpha value is -0.530. The van der Waals surface area contributed by atoms with Crippen molar-refractivity contribution in [2.45, 2.75) is 34.1 Å². The molecule has 0 aromatic carbocycles. The van der Waals surface area contributed by atoms with Gasteiger partial charge in [-0.3, -0.25) is 4.79 Å². The van der Waals surface area contributed by atoms with Crippen LogP contribution in [0.15, 0.2) is 0 Å². The summed E-state index contributed by atoms with van der Waals surface area (Å²) in [5, 5.41) is 0. The van der Waals surface area contributed by atoms with E-state index in [4.69, 9.17) is 0 Å². The van der Waals surface area contributed by atoms with Crippen LogP contribution in [0.5, 0.6) is 0 Å². The molecule has 1 aliphatic rings. The molecule has 0 radical (unpaired) electrons. The second kappa shape index (κ2) is 4.12. The van der Waals surface area contributed by atoms with Crippen LogP contribution in [0, 0.1) is 17.8 Å². The van der Waals surface area contributed by atoms with E-state index < -0.39 is 0 Å².